The first kappa shape index (κ1) is 17.7. The molecule has 2 fully saturated rings. The summed E-state index contributed by atoms with van der Waals surface area (Å²) in [7, 11) is 0. The van der Waals surface area contributed by atoms with Gasteiger partial charge in [0.25, 0.3) is 0 Å². The van der Waals surface area contributed by atoms with Gasteiger partial charge in [-0.15, -0.1) is 5.10 Å². The lowest BCUT2D eigenvalue weighted by molar-refractivity contribution is -0.136. The minimum atomic E-state index is -0.517. The molecular weight excluding hydrogens is 368 g/mol. The maximum atomic E-state index is 13.0. The number of rotatable bonds is 3. The number of benzene rings is 2. The van der Waals surface area contributed by atoms with Crippen LogP contribution in [0.25, 0.3) is 16.5 Å². The molecule has 5 rings (SSSR count). The number of likely N-dealkylation sites (tertiary alicyclic amines) is 1. The highest BCUT2D eigenvalue weighted by Crippen LogP contribution is 2.31. The molecule has 8 heteroatoms. The Labute approximate surface area is 167 Å². The summed E-state index contributed by atoms with van der Waals surface area (Å²) in [6, 6.07) is 13.3. The Bertz CT molecular complexity index is 1070. The van der Waals surface area contributed by atoms with E-state index in [4.69, 9.17) is 0 Å². The maximum absolute atomic E-state index is 13.0. The number of nitrogens with one attached hydrogen (secondary N) is 2. The Balaban J connectivity index is 1.45. The Kier molecular flexibility index (Phi) is 4.38. The van der Waals surface area contributed by atoms with Gasteiger partial charge in [0, 0.05) is 18.5 Å². The maximum Gasteiger partial charge on any atom is 0.315 e. The second-order valence-electron chi connectivity index (χ2n) is 7.54. The molecule has 29 heavy (non-hydrogen) atoms. The molecule has 0 radical (unpaired) electrons. The standard InChI is InChI=1S/C21H22N6O2/c28-20(16-12-22-21(29)23-16)26-11-4-3-9-19(26)17-13-27(25-24-17)18-10-5-7-14-6-1-2-8-15(14)18/h1-2,5-8,10,13,16,19H,3-4,9,11-12H2,(H2,22,23,29)/t16-,19?/m0/s1. The van der Waals surface area contributed by atoms with Crippen LogP contribution in [0.3, 0.4) is 0 Å². The fraction of sp³-hybridized carbons (Fsp3) is 0.333. The molecule has 3 heterocycles. The molecule has 0 aliphatic carbocycles. The van der Waals surface area contributed by atoms with Crippen molar-refractivity contribution in [1.82, 2.24) is 30.5 Å². The van der Waals surface area contributed by atoms with E-state index < -0.39 is 6.04 Å². The van der Waals surface area contributed by atoms with Gasteiger partial charge in [-0.1, -0.05) is 41.6 Å². The second kappa shape index (κ2) is 7.20. The summed E-state index contributed by atoms with van der Waals surface area (Å²) in [6.07, 6.45) is 4.75. The van der Waals surface area contributed by atoms with Crippen LogP contribution < -0.4 is 10.6 Å². The van der Waals surface area contributed by atoms with Crippen molar-refractivity contribution in [1.29, 1.82) is 0 Å². The molecule has 3 aromatic rings. The molecule has 1 aromatic heterocycles. The van der Waals surface area contributed by atoms with E-state index in [9.17, 15) is 9.59 Å². The van der Waals surface area contributed by atoms with Gasteiger partial charge >= 0.3 is 6.03 Å². The highest BCUT2D eigenvalue weighted by Gasteiger charge is 2.36. The molecule has 0 saturated carbocycles. The zero-order valence-electron chi connectivity index (χ0n) is 15.9. The van der Waals surface area contributed by atoms with E-state index in [0.29, 0.717) is 13.1 Å². The molecule has 2 N–H and O–H groups in total. The van der Waals surface area contributed by atoms with E-state index in [0.717, 1.165) is 41.4 Å². The molecule has 2 aromatic carbocycles. The third-order valence-electron chi connectivity index (χ3n) is 5.72. The minimum absolute atomic E-state index is 0.0623. The smallest absolute Gasteiger partial charge is 0.315 e. The Morgan fingerprint density at radius 1 is 1.10 bits per heavy atom. The highest BCUT2D eigenvalue weighted by atomic mass is 16.2. The SMILES string of the molecule is O=C1NC[C@@H](C(=O)N2CCCCC2c2cn(-c3cccc4ccccc34)nn2)N1. The second-order valence-corrected chi connectivity index (χ2v) is 7.54. The van der Waals surface area contributed by atoms with Crippen LogP contribution in [-0.2, 0) is 4.79 Å². The van der Waals surface area contributed by atoms with Gasteiger partial charge in [-0.2, -0.15) is 0 Å². The van der Waals surface area contributed by atoms with E-state index >= 15 is 0 Å². The first-order valence-corrected chi connectivity index (χ1v) is 9.96. The molecule has 1 unspecified atom stereocenters. The van der Waals surface area contributed by atoms with Gasteiger partial charge in [0.2, 0.25) is 5.91 Å². The van der Waals surface area contributed by atoms with Crippen molar-refractivity contribution in [2.24, 2.45) is 0 Å². The van der Waals surface area contributed by atoms with Crippen molar-refractivity contribution in [3.05, 3.63) is 54.4 Å². The Hall–Kier alpha value is -3.42. The van der Waals surface area contributed by atoms with Gasteiger partial charge in [-0.25, -0.2) is 9.48 Å². The summed E-state index contributed by atoms with van der Waals surface area (Å²) in [6.45, 7) is 0.987. The number of carbonyl (C=O) groups is 2. The molecule has 2 aliphatic rings. The minimum Gasteiger partial charge on any atom is -0.336 e. The fourth-order valence-electron chi connectivity index (χ4n) is 4.26. The number of hydrogen-bond acceptors (Lipinski definition) is 4. The lowest BCUT2D eigenvalue weighted by Gasteiger charge is -2.35. The van der Waals surface area contributed by atoms with Crippen LogP contribution >= 0.6 is 0 Å². The van der Waals surface area contributed by atoms with Gasteiger partial charge < -0.3 is 15.5 Å². The normalized spacial score (nSPS) is 21.8. The average molecular weight is 390 g/mol. The van der Waals surface area contributed by atoms with Crippen LogP contribution in [0.4, 0.5) is 4.79 Å². The molecule has 8 nitrogen and oxygen atoms in total. The number of piperidine rings is 1. The van der Waals surface area contributed by atoms with Crippen molar-refractivity contribution in [2.75, 3.05) is 13.1 Å². The third-order valence-corrected chi connectivity index (χ3v) is 5.72. The van der Waals surface area contributed by atoms with E-state index in [2.05, 4.69) is 39.1 Å². The summed E-state index contributed by atoms with van der Waals surface area (Å²) in [4.78, 5) is 26.3. The summed E-state index contributed by atoms with van der Waals surface area (Å²) in [5.74, 6) is -0.0623. The van der Waals surface area contributed by atoms with Crippen molar-refractivity contribution in [2.45, 2.75) is 31.3 Å². The van der Waals surface area contributed by atoms with Gasteiger partial charge in [-0.05, 0) is 30.7 Å². The molecule has 3 amide bonds. The van der Waals surface area contributed by atoms with Crippen LogP contribution in [0.15, 0.2) is 48.7 Å². The van der Waals surface area contributed by atoms with E-state index in [1.54, 1.807) is 4.68 Å². The molecule has 148 valence electrons. The van der Waals surface area contributed by atoms with Gasteiger partial charge in [0.15, 0.2) is 0 Å². The number of fused-ring (bicyclic) bond motifs is 1. The van der Waals surface area contributed by atoms with Crippen LogP contribution in [-0.4, -0.2) is 51.0 Å². The van der Waals surface area contributed by atoms with Crippen molar-refractivity contribution in [3.8, 4) is 5.69 Å². The third kappa shape index (κ3) is 3.20. The van der Waals surface area contributed by atoms with Crippen LogP contribution in [0.1, 0.15) is 31.0 Å². The average Bonchev–Trinajstić information content (AvgIpc) is 3.42. The van der Waals surface area contributed by atoms with Crippen molar-refractivity contribution < 1.29 is 9.59 Å². The number of amides is 3. The van der Waals surface area contributed by atoms with E-state index in [1.807, 2.05) is 35.4 Å². The first-order valence-electron chi connectivity index (χ1n) is 9.96. The number of hydrogen-bond donors (Lipinski definition) is 2. The molecule has 0 spiro atoms. The number of nitrogens with zero attached hydrogens (tertiary/aromatic N) is 4. The van der Waals surface area contributed by atoms with Gasteiger partial charge in [0.1, 0.15) is 11.7 Å². The van der Waals surface area contributed by atoms with E-state index in [-0.39, 0.29) is 18.0 Å². The first-order chi connectivity index (χ1) is 14.2. The molecule has 2 atom stereocenters. The largest absolute Gasteiger partial charge is 0.336 e. The summed E-state index contributed by atoms with van der Waals surface area (Å²) in [5.41, 5.74) is 1.74. The lowest BCUT2D eigenvalue weighted by Crippen LogP contribution is -2.48. The molecule has 0 bridgehead atoms. The van der Waals surface area contributed by atoms with Crippen LogP contribution in [0.2, 0.25) is 0 Å². The summed E-state index contributed by atoms with van der Waals surface area (Å²) >= 11 is 0. The van der Waals surface area contributed by atoms with E-state index in [1.165, 1.54) is 0 Å². The predicted octanol–water partition coefficient (Wildman–Crippen LogP) is 2.16. The van der Waals surface area contributed by atoms with Crippen LogP contribution in [0, 0.1) is 0 Å². The Morgan fingerprint density at radius 3 is 2.83 bits per heavy atom. The summed E-state index contributed by atoms with van der Waals surface area (Å²) < 4.78 is 1.79. The zero-order chi connectivity index (χ0) is 19.8. The number of carbonyl (C=O) groups excluding carboxylic acids is 2. The number of aromatic nitrogens is 3. The quantitative estimate of drug-likeness (QED) is 0.717. The van der Waals surface area contributed by atoms with Crippen molar-refractivity contribution in [3.63, 3.8) is 0 Å². The zero-order valence-corrected chi connectivity index (χ0v) is 15.9. The molecule has 2 aliphatic heterocycles. The lowest BCUT2D eigenvalue weighted by atomic mass is 9.98. The number of urea groups is 1. The molecule has 2 saturated heterocycles. The highest BCUT2D eigenvalue weighted by molar-refractivity contribution is 5.91. The monoisotopic (exact) mass is 390 g/mol. The Morgan fingerprint density at radius 2 is 1.97 bits per heavy atom. The summed E-state index contributed by atoms with van der Waals surface area (Å²) in [5, 5.41) is 16.4. The topological polar surface area (TPSA) is 92.2 Å². The van der Waals surface area contributed by atoms with Crippen molar-refractivity contribution >= 4 is 22.7 Å². The fourth-order valence-corrected chi connectivity index (χ4v) is 4.26. The van der Waals surface area contributed by atoms with Crippen LogP contribution in [0.5, 0.6) is 0 Å². The van der Waals surface area contributed by atoms with Gasteiger partial charge in [-0.3, -0.25) is 4.79 Å². The molecular formula is C21H22N6O2. The predicted molar refractivity (Wildman–Crippen MR) is 107 cm³/mol. The van der Waals surface area contributed by atoms with Gasteiger partial charge in [0.05, 0.1) is 17.9 Å².